The molecular formula is C22H31N5O. The van der Waals surface area contributed by atoms with Crippen molar-refractivity contribution in [1.82, 2.24) is 15.6 Å². The Labute approximate surface area is 167 Å². The third kappa shape index (κ3) is 5.70. The molecule has 3 rings (SSSR count). The summed E-state index contributed by atoms with van der Waals surface area (Å²) in [5.74, 6) is 1.82. The summed E-state index contributed by atoms with van der Waals surface area (Å²) in [6.45, 7) is 3.58. The highest BCUT2D eigenvalue weighted by molar-refractivity contribution is 5.79. The van der Waals surface area contributed by atoms with Gasteiger partial charge in [0, 0.05) is 45.3 Å². The fourth-order valence-corrected chi connectivity index (χ4v) is 3.51. The fourth-order valence-electron chi connectivity index (χ4n) is 3.51. The Hall–Kier alpha value is -2.60. The highest BCUT2D eigenvalue weighted by Crippen LogP contribution is 2.18. The van der Waals surface area contributed by atoms with Gasteiger partial charge in [-0.2, -0.15) is 0 Å². The van der Waals surface area contributed by atoms with Crippen molar-refractivity contribution in [1.29, 1.82) is 0 Å². The minimum atomic E-state index is 0.0337. The quantitative estimate of drug-likeness (QED) is 0.508. The summed E-state index contributed by atoms with van der Waals surface area (Å²) >= 11 is 0. The van der Waals surface area contributed by atoms with Crippen molar-refractivity contribution in [3.8, 4) is 0 Å². The van der Waals surface area contributed by atoms with Gasteiger partial charge in [-0.3, -0.25) is 4.99 Å². The third-order valence-electron chi connectivity index (χ3n) is 5.18. The number of pyridine rings is 1. The Morgan fingerprint density at radius 3 is 2.64 bits per heavy atom. The maximum absolute atomic E-state index is 9.72. The Morgan fingerprint density at radius 2 is 1.93 bits per heavy atom. The second kappa shape index (κ2) is 10.7. The van der Waals surface area contributed by atoms with E-state index >= 15 is 0 Å². The summed E-state index contributed by atoms with van der Waals surface area (Å²) in [6, 6.07) is 14.2. The average molecular weight is 382 g/mol. The van der Waals surface area contributed by atoms with E-state index in [9.17, 15) is 5.11 Å². The van der Waals surface area contributed by atoms with Gasteiger partial charge in [0.2, 0.25) is 0 Å². The van der Waals surface area contributed by atoms with Crippen LogP contribution in [0.25, 0.3) is 0 Å². The Kier molecular flexibility index (Phi) is 7.67. The Bertz CT molecular complexity index is 744. The molecule has 1 aromatic heterocycles. The monoisotopic (exact) mass is 381 g/mol. The number of aliphatic imine (C=N–C) groups is 1. The number of guanidine groups is 1. The van der Waals surface area contributed by atoms with Crippen molar-refractivity contribution in [2.75, 3.05) is 38.2 Å². The SMILES string of the molecule is CN=C(NCc1ccnc(N2CCCCC2)c1)NCC(CO)c1ccccc1. The smallest absolute Gasteiger partial charge is 0.191 e. The highest BCUT2D eigenvalue weighted by atomic mass is 16.3. The van der Waals surface area contributed by atoms with Crippen LogP contribution in [0.4, 0.5) is 5.82 Å². The molecule has 1 fully saturated rings. The van der Waals surface area contributed by atoms with Crippen LogP contribution in [0.3, 0.4) is 0 Å². The minimum absolute atomic E-state index is 0.0337. The van der Waals surface area contributed by atoms with E-state index in [4.69, 9.17) is 0 Å². The van der Waals surface area contributed by atoms with E-state index in [0.717, 1.165) is 30.4 Å². The van der Waals surface area contributed by atoms with Gasteiger partial charge in [0.15, 0.2) is 5.96 Å². The van der Waals surface area contributed by atoms with Crippen molar-refractivity contribution < 1.29 is 5.11 Å². The number of rotatable bonds is 7. The largest absolute Gasteiger partial charge is 0.396 e. The molecule has 6 heteroatoms. The maximum Gasteiger partial charge on any atom is 0.191 e. The van der Waals surface area contributed by atoms with Crippen LogP contribution in [0.5, 0.6) is 0 Å². The highest BCUT2D eigenvalue weighted by Gasteiger charge is 2.13. The molecule has 2 heterocycles. The number of aliphatic hydroxyl groups excluding tert-OH is 1. The second-order valence-corrected chi connectivity index (χ2v) is 7.17. The first-order valence-corrected chi connectivity index (χ1v) is 10.1. The van der Waals surface area contributed by atoms with Crippen LogP contribution in [0.1, 0.15) is 36.3 Å². The average Bonchev–Trinajstić information content (AvgIpc) is 2.78. The first-order valence-electron chi connectivity index (χ1n) is 10.1. The zero-order chi connectivity index (χ0) is 19.6. The molecule has 2 aromatic rings. The minimum Gasteiger partial charge on any atom is -0.396 e. The van der Waals surface area contributed by atoms with Crippen molar-refractivity contribution in [3.05, 3.63) is 59.8 Å². The molecule has 0 radical (unpaired) electrons. The molecule has 150 valence electrons. The number of hydrogen-bond donors (Lipinski definition) is 3. The van der Waals surface area contributed by atoms with Gasteiger partial charge in [-0.15, -0.1) is 0 Å². The van der Waals surface area contributed by atoms with Crippen molar-refractivity contribution >= 4 is 11.8 Å². The predicted molar refractivity (Wildman–Crippen MR) is 115 cm³/mol. The van der Waals surface area contributed by atoms with Crippen LogP contribution < -0.4 is 15.5 Å². The van der Waals surface area contributed by atoms with Crippen molar-refractivity contribution in [2.24, 2.45) is 4.99 Å². The number of nitrogens with zero attached hydrogens (tertiary/aromatic N) is 3. The number of aliphatic hydroxyl groups is 1. The molecule has 0 bridgehead atoms. The molecule has 1 unspecified atom stereocenters. The lowest BCUT2D eigenvalue weighted by Crippen LogP contribution is -2.39. The number of aromatic nitrogens is 1. The van der Waals surface area contributed by atoms with Crippen molar-refractivity contribution in [3.63, 3.8) is 0 Å². The van der Waals surface area contributed by atoms with Gasteiger partial charge in [0.25, 0.3) is 0 Å². The summed E-state index contributed by atoms with van der Waals surface area (Å²) in [6.07, 6.45) is 5.69. The van der Waals surface area contributed by atoms with Crippen LogP contribution in [-0.2, 0) is 6.54 Å². The molecule has 1 aromatic carbocycles. The lowest BCUT2D eigenvalue weighted by molar-refractivity contribution is 0.265. The van der Waals surface area contributed by atoms with Gasteiger partial charge in [0.05, 0.1) is 6.61 Å². The van der Waals surface area contributed by atoms with E-state index in [-0.39, 0.29) is 12.5 Å². The predicted octanol–water partition coefficient (Wildman–Crippen LogP) is 2.51. The van der Waals surface area contributed by atoms with Gasteiger partial charge in [-0.05, 0) is 42.5 Å². The number of nitrogens with one attached hydrogen (secondary N) is 2. The number of hydrogen-bond acceptors (Lipinski definition) is 4. The maximum atomic E-state index is 9.72. The van der Waals surface area contributed by atoms with Crippen LogP contribution in [0.15, 0.2) is 53.7 Å². The van der Waals surface area contributed by atoms with E-state index in [1.165, 1.54) is 24.8 Å². The zero-order valence-electron chi connectivity index (χ0n) is 16.6. The van der Waals surface area contributed by atoms with E-state index < -0.39 is 0 Å². The first-order chi connectivity index (χ1) is 13.8. The van der Waals surface area contributed by atoms with Gasteiger partial charge in [0.1, 0.15) is 5.82 Å². The van der Waals surface area contributed by atoms with Crippen LogP contribution in [0.2, 0.25) is 0 Å². The van der Waals surface area contributed by atoms with E-state index in [1.807, 2.05) is 42.6 Å². The molecule has 0 aliphatic carbocycles. The molecule has 1 saturated heterocycles. The van der Waals surface area contributed by atoms with Gasteiger partial charge in [-0.1, -0.05) is 30.3 Å². The molecule has 1 aliphatic rings. The molecule has 0 spiro atoms. The van der Waals surface area contributed by atoms with Gasteiger partial charge in [-0.25, -0.2) is 4.98 Å². The normalized spacial score (nSPS) is 15.9. The third-order valence-corrected chi connectivity index (χ3v) is 5.18. The molecule has 28 heavy (non-hydrogen) atoms. The van der Waals surface area contributed by atoms with Gasteiger partial charge >= 0.3 is 0 Å². The second-order valence-electron chi connectivity index (χ2n) is 7.17. The topological polar surface area (TPSA) is 72.8 Å². The van der Waals surface area contributed by atoms with Gasteiger partial charge < -0.3 is 20.6 Å². The molecule has 0 amide bonds. The molecule has 1 atom stereocenters. The molecule has 6 nitrogen and oxygen atoms in total. The Morgan fingerprint density at radius 1 is 1.14 bits per heavy atom. The van der Waals surface area contributed by atoms with E-state index in [1.54, 1.807) is 7.05 Å². The van der Waals surface area contributed by atoms with Crippen LogP contribution in [0, 0.1) is 0 Å². The summed E-state index contributed by atoms with van der Waals surface area (Å²) < 4.78 is 0. The lowest BCUT2D eigenvalue weighted by Gasteiger charge is -2.28. The van der Waals surface area contributed by atoms with Crippen molar-refractivity contribution in [2.45, 2.75) is 31.7 Å². The Balaban J connectivity index is 1.52. The summed E-state index contributed by atoms with van der Waals surface area (Å²) in [7, 11) is 1.76. The van der Waals surface area contributed by atoms with E-state index in [2.05, 4.69) is 31.6 Å². The fraction of sp³-hybridized carbons (Fsp3) is 0.455. The van der Waals surface area contributed by atoms with E-state index in [0.29, 0.717) is 13.1 Å². The number of benzene rings is 1. The number of piperidine rings is 1. The summed E-state index contributed by atoms with van der Waals surface area (Å²) in [5, 5.41) is 16.4. The first kappa shape index (κ1) is 20.1. The standard InChI is InChI=1S/C22H31N5O/c1-23-22(26-16-20(17-28)19-8-4-2-5-9-19)25-15-18-10-11-24-21(14-18)27-12-6-3-7-13-27/h2,4-5,8-11,14,20,28H,3,6-7,12-13,15-17H2,1H3,(H2,23,25,26). The number of anilines is 1. The molecule has 0 saturated carbocycles. The molecular weight excluding hydrogens is 350 g/mol. The zero-order valence-corrected chi connectivity index (χ0v) is 16.6. The summed E-state index contributed by atoms with van der Waals surface area (Å²) in [5.41, 5.74) is 2.30. The lowest BCUT2D eigenvalue weighted by atomic mass is 10.0. The molecule has 3 N–H and O–H groups in total. The molecule has 1 aliphatic heterocycles. The van der Waals surface area contributed by atoms with Crippen LogP contribution in [-0.4, -0.2) is 49.3 Å². The van der Waals surface area contributed by atoms with Crippen LogP contribution >= 0.6 is 0 Å². The summed E-state index contributed by atoms with van der Waals surface area (Å²) in [4.78, 5) is 11.2.